The summed E-state index contributed by atoms with van der Waals surface area (Å²) in [6.07, 6.45) is 8.14. The highest BCUT2D eigenvalue weighted by Gasteiger charge is 2.43. The Morgan fingerprint density at radius 2 is 1.71 bits per heavy atom. The molecular weight excluding hydrogens is 472 g/mol. The van der Waals surface area contributed by atoms with E-state index in [2.05, 4.69) is 28.7 Å². The van der Waals surface area contributed by atoms with Crippen molar-refractivity contribution in [2.24, 2.45) is 5.10 Å². The van der Waals surface area contributed by atoms with Crippen molar-refractivity contribution in [3.8, 4) is 22.7 Å². The maximum absolute atomic E-state index is 14.6. The first-order chi connectivity index (χ1) is 18.6. The fourth-order valence-electron chi connectivity index (χ4n) is 6.18. The normalized spacial score (nSPS) is 15.7. The molecule has 0 amide bonds. The number of fused-ring (bicyclic) bond motifs is 4. The van der Waals surface area contributed by atoms with Gasteiger partial charge in [0, 0.05) is 11.0 Å². The van der Waals surface area contributed by atoms with Crippen LogP contribution < -0.4 is 15.7 Å². The number of aryl methyl sites for hydroxylation is 1. The minimum Gasteiger partial charge on any atom is -0.497 e. The number of nitrogens with one attached hydrogen (secondary N) is 1. The van der Waals surface area contributed by atoms with Gasteiger partial charge in [-0.25, -0.2) is 15.0 Å². The van der Waals surface area contributed by atoms with Gasteiger partial charge < -0.3 is 4.74 Å². The largest absolute Gasteiger partial charge is 0.497 e. The molecule has 0 unspecified atom stereocenters. The van der Waals surface area contributed by atoms with Gasteiger partial charge in [0.2, 0.25) is 5.95 Å². The Bertz CT molecular complexity index is 1560. The predicted octanol–water partition coefficient (Wildman–Crippen LogP) is 6.42. The number of hydrazone groups is 1. The van der Waals surface area contributed by atoms with Crippen LogP contribution in [-0.2, 0) is 11.8 Å². The summed E-state index contributed by atoms with van der Waals surface area (Å²) in [6.45, 7) is 2.03. The van der Waals surface area contributed by atoms with Gasteiger partial charge in [-0.2, -0.15) is 5.10 Å². The van der Waals surface area contributed by atoms with Gasteiger partial charge in [-0.15, -0.1) is 0 Å². The van der Waals surface area contributed by atoms with Crippen LogP contribution in [0.5, 0.6) is 5.75 Å². The first kappa shape index (κ1) is 24.2. The molecule has 0 bridgehead atoms. The molecule has 2 aliphatic rings. The summed E-state index contributed by atoms with van der Waals surface area (Å²) in [5.41, 5.74) is 9.66. The molecule has 4 aromatic rings. The second kappa shape index (κ2) is 9.93. The third kappa shape index (κ3) is 4.20. The van der Waals surface area contributed by atoms with Gasteiger partial charge in [0.1, 0.15) is 5.75 Å². The smallest absolute Gasteiger partial charge is 0.263 e. The zero-order chi connectivity index (χ0) is 26.1. The van der Waals surface area contributed by atoms with Crippen molar-refractivity contribution in [1.29, 1.82) is 0 Å². The van der Waals surface area contributed by atoms with Crippen LogP contribution in [-0.4, -0.2) is 22.9 Å². The number of nitrogens with zero attached hydrogens (tertiary/aromatic N) is 3. The molecule has 6 heteroatoms. The number of rotatable bonds is 5. The third-order valence-electron chi connectivity index (χ3n) is 8.08. The lowest BCUT2D eigenvalue weighted by atomic mass is 9.62. The summed E-state index contributed by atoms with van der Waals surface area (Å²) < 4.78 is 6.98. The summed E-state index contributed by atoms with van der Waals surface area (Å²) >= 11 is 0. The van der Waals surface area contributed by atoms with Crippen molar-refractivity contribution in [2.75, 3.05) is 12.5 Å². The molecule has 1 aromatic heterocycles. The van der Waals surface area contributed by atoms with Crippen molar-refractivity contribution in [2.45, 2.75) is 50.9 Å². The van der Waals surface area contributed by atoms with E-state index in [4.69, 9.17) is 9.72 Å². The molecule has 0 saturated heterocycles. The van der Waals surface area contributed by atoms with Crippen LogP contribution in [0.25, 0.3) is 16.9 Å². The summed E-state index contributed by atoms with van der Waals surface area (Å²) in [4.78, 5) is 19.8. The number of benzene rings is 3. The minimum atomic E-state index is -0.179. The molecule has 6 nitrogen and oxygen atoms in total. The topological polar surface area (TPSA) is 68.5 Å². The van der Waals surface area contributed by atoms with E-state index in [0.717, 1.165) is 71.5 Å². The number of aromatic nitrogens is 2. The Labute approximate surface area is 223 Å². The standard InChI is InChI=1S/C32H32N4O2/c1-22-10-4-7-13-27(22)36-30(37)28-29(34-31(36)35-33-21-23-14-16-25(38-2)17-15-23)26-12-6-5-11-24(26)20-32(28)18-8-3-9-19-32/h4-7,10-17,21H,3,8-9,18-20H2,1-2H3,(H,34,35). The Morgan fingerprint density at radius 3 is 2.47 bits per heavy atom. The van der Waals surface area contributed by atoms with Gasteiger partial charge in [0.25, 0.3) is 5.56 Å². The van der Waals surface area contributed by atoms with Crippen molar-refractivity contribution in [3.63, 3.8) is 0 Å². The van der Waals surface area contributed by atoms with Crippen molar-refractivity contribution in [3.05, 3.63) is 105 Å². The second-order valence-corrected chi connectivity index (χ2v) is 10.4. The van der Waals surface area contributed by atoms with Gasteiger partial charge in [-0.05, 0) is 73.2 Å². The fourth-order valence-corrected chi connectivity index (χ4v) is 6.18. The molecule has 38 heavy (non-hydrogen) atoms. The molecule has 0 atom stereocenters. The van der Waals surface area contributed by atoms with Crippen molar-refractivity contribution >= 4 is 12.2 Å². The molecular formula is C32H32N4O2. The average molecular weight is 505 g/mol. The van der Waals surface area contributed by atoms with Crippen molar-refractivity contribution in [1.82, 2.24) is 9.55 Å². The first-order valence-corrected chi connectivity index (χ1v) is 13.3. The number of para-hydroxylation sites is 1. The van der Waals surface area contributed by atoms with Gasteiger partial charge >= 0.3 is 0 Å². The van der Waals surface area contributed by atoms with Crippen LogP contribution >= 0.6 is 0 Å². The zero-order valence-corrected chi connectivity index (χ0v) is 21.9. The molecule has 2 aliphatic carbocycles. The van der Waals surface area contributed by atoms with E-state index >= 15 is 0 Å². The number of hydrogen-bond acceptors (Lipinski definition) is 5. The van der Waals surface area contributed by atoms with Crippen LogP contribution in [0.2, 0.25) is 0 Å². The number of ether oxygens (including phenoxy) is 1. The Balaban J connectivity index is 1.54. The highest BCUT2D eigenvalue weighted by atomic mass is 16.5. The molecule has 1 fully saturated rings. The summed E-state index contributed by atoms with van der Waals surface area (Å²) in [5.74, 6) is 1.20. The van der Waals surface area contributed by atoms with Gasteiger partial charge in [0.05, 0.1) is 30.3 Å². The van der Waals surface area contributed by atoms with Gasteiger partial charge in [0.15, 0.2) is 0 Å². The van der Waals surface area contributed by atoms with Crippen LogP contribution in [0.1, 0.15) is 54.4 Å². The van der Waals surface area contributed by atoms with Gasteiger partial charge in [-0.3, -0.25) is 4.79 Å². The van der Waals surface area contributed by atoms with E-state index in [1.165, 1.54) is 12.0 Å². The monoisotopic (exact) mass is 504 g/mol. The third-order valence-corrected chi connectivity index (χ3v) is 8.08. The number of methoxy groups -OCH3 is 1. The first-order valence-electron chi connectivity index (χ1n) is 13.3. The zero-order valence-electron chi connectivity index (χ0n) is 21.9. The summed E-state index contributed by atoms with van der Waals surface area (Å²) in [6, 6.07) is 24.0. The SMILES string of the molecule is COc1ccc(C=NNc2nc3c(c(=O)n2-c2ccccc2C)C2(CCCCC2)Cc2ccccc2-3)cc1. The molecule has 6 rings (SSSR count). The molecule has 1 saturated carbocycles. The lowest BCUT2D eigenvalue weighted by Gasteiger charge is -2.42. The molecule has 192 valence electrons. The quantitative estimate of drug-likeness (QED) is 0.252. The maximum atomic E-state index is 14.6. The minimum absolute atomic E-state index is 0.00264. The van der Waals surface area contributed by atoms with E-state index < -0.39 is 0 Å². The molecule has 0 radical (unpaired) electrons. The molecule has 1 N–H and O–H groups in total. The highest BCUT2D eigenvalue weighted by Crippen LogP contribution is 2.48. The fraction of sp³-hybridized carbons (Fsp3) is 0.281. The average Bonchev–Trinajstić information content (AvgIpc) is 2.94. The summed E-state index contributed by atoms with van der Waals surface area (Å²) in [5, 5.41) is 4.50. The number of hydrogen-bond donors (Lipinski definition) is 1. The van der Waals surface area contributed by atoms with Crippen LogP contribution in [0.4, 0.5) is 5.95 Å². The predicted molar refractivity (Wildman–Crippen MR) is 153 cm³/mol. The van der Waals surface area contributed by atoms with E-state index in [1.54, 1.807) is 17.9 Å². The Kier molecular flexibility index (Phi) is 6.32. The molecule has 0 aliphatic heterocycles. The molecule has 1 heterocycles. The van der Waals surface area contributed by atoms with E-state index in [9.17, 15) is 4.79 Å². The Morgan fingerprint density at radius 1 is 0.974 bits per heavy atom. The van der Waals surface area contributed by atoms with Crippen LogP contribution in [0, 0.1) is 6.92 Å². The Hall–Kier alpha value is -4.19. The summed E-state index contributed by atoms with van der Waals surface area (Å²) in [7, 11) is 1.65. The van der Waals surface area contributed by atoms with Gasteiger partial charge in [-0.1, -0.05) is 61.7 Å². The lowest BCUT2D eigenvalue weighted by molar-refractivity contribution is 0.284. The van der Waals surface area contributed by atoms with Crippen LogP contribution in [0.3, 0.4) is 0 Å². The maximum Gasteiger partial charge on any atom is 0.263 e. The second-order valence-electron chi connectivity index (χ2n) is 10.4. The van der Waals surface area contributed by atoms with E-state index in [-0.39, 0.29) is 11.0 Å². The van der Waals surface area contributed by atoms with Crippen LogP contribution in [0.15, 0.2) is 82.7 Å². The number of anilines is 1. The molecule has 3 aromatic carbocycles. The van der Waals surface area contributed by atoms with Crippen molar-refractivity contribution < 1.29 is 4.74 Å². The lowest BCUT2D eigenvalue weighted by Crippen LogP contribution is -2.43. The van der Waals surface area contributed by atoms with E-state index in [1.807, 2.05) is 61.5 Å². The molecule has 1 spiro atoms. The van der Waals surface area contributed by atoms with E-state index in [0.29, 0.717) is 5.95 Å². The highest BCUT2D eigenvalue weighted by molar-refractivity contribution is 5.80.